The summed E-state index contributed by atoms with van der Waals surface area (Å²) in [6, 6.07) is 7.36. The van der Waals surface area contributed by atoms with Gasteiger partial charge >= 0.3 is 11.6 Å². The van der Waals surface area contributed by atoms with Crippen molar-refractivity contribution in [3.63, 3.8) is 0 Å². The van der Waals surface area contributed by atoms with Crippen LogP contribution in [0.3, 0.4) is 0 Å². The van der Waals surface area contributed by atoms with Crippen LogP contribution in [0.4, 0.5) is 0 Å². The van der Waals surface area contributed by atoms with Gasteiger partial charge in [-0.2, -0.15) is 0 Å². The maximum Gasteiger partial charge on any atom is 0.349 e. The van der Waals surface area contributed by atoms with Crippen molar-refractivity contribution in [3.05, 3.63) is 63.5 Å². The Balaban J connectivity index is 1.95. The summed E-state index contributed by atoms with van der Waals surface area (Å²) in [4.78, 5) is 48.1. The third-order valence-electron chi connectivity index (χ3n) is 4.21. The van der Waals surface area contributed by atoms with Crippen molar-refractivity contribution in [3.8, 4) is 17.2 Å². The largest absolute Gasteiger partial charge is 0.507 e. The molecule has 0 fully saturated rings. The van der Waals surface area contributed by atoms with Crippen molar-refractivity contribution in [1.29, 1.82) is 0 Å². The van der Waals surface area contributed by atoms with Crippen LogP contribution in [0.5, 0.6) is 17.2 Å². The highest BCUT2D eigenvalue weighted by Gasteiger charge is 2.21. The molecule has 30 heavy (non-hydrogen) atoms. The Labute approximate surface area is 168 Å². The Bertz CT molecular complexity index is 1240. The third-order valence-corrected chi connectivity index (χ3v) is 4.21. The highest BCUT2D eigenvalue weighted by Crippen LogP contribution is 2.34. The van der Waals surface area contributed by atoms with Crippen LogP contribution in [0, 0.1) is 0 Å². The molecule has 3 aromatic rings. The molecule has 1 heterocycles. The van der Waals surface area contributed by atoms with E-state index in [9.17, 15) is 24.3 Å². The molecule has 0 radical (unpaired) electrons. The highest BCUT2D eigenvalue weighted by atomic mass is 16.5. The van der Waals surface area contributed by atoms with Gasteiger partial charge < -0.3 is 24.1 Å². The minimum absolute atomic E-state index is 0.0642. The summed E-state index contributed by atoms with van der Waals surface area (Å²) < 4.78 is 15.5. The number of carbonyl (C=O) groups excluding carboxylic acids is 2. The van der Waals surface area contributed by atoms with Gasteiger partial charge in [0.2, 0.25) is 5.75 Å². The number of rotatable bonds is 5. The molecule has 0 bridgehead atoms. The number of hydrogen-bond donors (Lipinski definition) is 3. The number of ether oxygens (including phenoxy) is 2. The molecule has 154 valence electrons. The van der Waals surface area contributed by atoms with Crippen molar-refractivity contribution in [2.45, 2.75) is 0 Å². The number of phenols is 1. The fourth-order valence-corrected chi connectivity index (χ4v) is 2.74. The molecule has 0 spiro atoms. The van der Waals surface area contributed by atoms with Gasteiger partial charge in [-0.05, 0) is 36.4 Å². The van der Waals surface area contributed by atoms with Crippen molar-refractivity contribution in [2.24, 2.45) is 0 Å². The van der Waals surface area contributed by atoms with Gasteiger partial charge in [-0.1, -0.05) is 0 Å². The summed E-state index contributed by atoms with van der Waals surface area (Å²) in [7, 11) is 2.77. The first-order valence-electron chi connectivity index (χ1n) is 8.37. The van der Waals surface area contributed by atoms with Gasteiger partial charge in [0.1, 0.15) is 16.9 Å². The predicted octanol–water partition coefficient (Wildman–Crippen LogP) is 1.78. The zero-order valence-corrected chi connectivity index (χ0v) is 15.7. The van der Waals surface area contributed by atoms with E-state index in [2.05, 4.69) is 0 Å². The Hall–Kier alpha value is -4.34. The minimum atomic E-state index is -1.45. The van der Waals surface area contributed by atoms with E-state index < -0.39 is 40.3 Å². The molecule has 0 aliphatic carbocycles. The first kappa shape index (κ1) is 20.4. The highest BCUT2D eigenvalue weighted by molar-refractivity contribution is 6.11. The summed E-state index contributed by atoms with van der Waals surface area (Å²) in [6.07, 6.45) is 0. The number of benzene rings is 2. The van der Waals surface area contributed by atoms with E-state index in [-0.39, 0.29) is 16.9 Å². The van der Waals surface area contributed by atoms with Crippen LogP contribution in [0.1, 0.15) is 31.1 Å². The fourth-order valence-electron chi connectivity index (χ4n) is 2.74. The number of carboxylic acids is 1. The van der Waals surface area contributed by atoms with Crippen LogP contribution in [-0.2, 0) is 0 Å². The number of carboxylic acid groups (broad SMARTS) is 1. The molecule has 1 aromatic heterocycles. The second kappa shape index (κ2) is 7.95. The zero-order chi connectivity index (χ0) is 22.0. The number of aromatic carboxylic acids is 1. The number of nitrogens with one attached hydrogen (secondary N) is 1. The molecule has 2 aromatic carbocycles. The van der Waals surface area contributed by atoms with E-state index in [1.54, 1.807) is 6.07 Å². The van der Waals surface area contributed by atoms with Crippen LogP contribution < -0.4 is 20.4 Å². The molecule has 3 rings (SSSR count). The SMILES string of the molecule is COc1ccc2cc(C(=O)NC(=O)c3ccc(O)c(C(=O)O)c3)c(=O)oc2c1OC. The lowest BCUT2D eigenvalue weighted by atomic mass is 10.1. The maximum atomic E-state index is 12.4. The lowest BCUT2D eigenvalue weighted by Gasteiger charge is -2.10. The second-order valence-electron chi connectivity index (χ2n) is 5.99. The second-order valence-corrected chi connectivity index (χ2v) is 5.99. The monoisotopic (exact) mass is 413 g/mol. The van der Waals surface area contributed by atoms with Crippen LogP contribution >= 0.6 is 0 Å². The predicted molar refractivity (Wildman–Crippen MR) is 102 cm³/mol. The number of aromatic hydroxyl groups is 1. The van der Waals surface area contributed by atoms with Gasteiger partial charge in [0, 0.05) is 10.9 Å². The minimum Gasteiger partial charge on any atom is -0.507 e. The summed E-state index contributed by atoms with van der Waals surface area (Å²) in [5.74, 6) is -3.51. The Kier molecular flexibility index (Phi) is 5.41. The van der Waals surface area contributed by atoms with Crippen molar-refractivity contribution in [1.82, 2.24) is 5.32 Å². The van der Waals surface area contributed by atoms with E-state index in [1.807, 2.05) is 5.32 Å². The average molecular weight is 413 g/mol. The van der Waals surface area contributed by atoms with E-state index in [1.165, 1.54) is 26.4 Å². The lowest BCUT2D eigenvalue weighted by molar-refractivity contribution is 0.0693. The normalized spacial score (nSPS) is 10.5. The van der Waals surface area contributed by atoms with Crippen LogP contribution in [0.2, 0.25) is 0 Å². The van der Waals surface area contributed by atoms with Gasteiger partial charge in [0.05, 0.1) is 14.2 Å². The summed E-state index contributed by atoms with van der Waals surface area (Å²) in [5, 5.41) is 20.9. The average Bonchev–Trinajstić information content (AvgIpc) is 2.72. The molecule has 10 heteroatoms. The fraction of sp³-hybridized carbons (Fsp3) is 0.100. The number of fused-ring (bicyclic) bond motifs is 1. The number of imide groups is 1. The zero-order valence-electron chi connectivity index (χ0n) is 15.7. The van der Waals surface area contributed by atoms with Crippen molar-refractivity contribution >= 4 is 28.8 Å². The molecular formula is C20H15NO9. The van der Waals surface area contributed by atoms with Crippen LogP contribution in [-0.4, -0.2) is 42.2 Å². The Morgan fingerprint density at radius 2 is 1.70 bits per heavy atom. The molecule has 0 atom stereocenters. The van der Waals surface area contributed by atoms with E-state index in [4.69, 9.17) is 19.0 Å². The molecular weight excluding hydrogens is 398 g/mol. The maximum absolute atomic E-state index is 12.4. The molecule has 0 aliphatic heterocycles. The first-order valence-corrected chi connectivity index (χ1v) is 8.37. The molecule has 10 nitrogen and oxygen atoms in total. The van der Waals surface area contributed by atoms with Crippen molar-refractivity contribution in [2.75, 3.05) is 14.2 Å². The van der Waals surface area contributed by atoms with Crippen molar-refractivity contribution < 1.29 is 38.5 Å². The number of methoxy groups -OCH3 is 2. The van der Waals surface area contributed by atoms with Crippen LogP contribution in [0.25, 0.3) is 11.0 Å². The molecule has 0 saturated carbocycles. The standard InChI is InChI=1S/C20H15NO9/c1-28-14-6-4-9-7-12(20(27)30-15(9)16(14)29-2)18(24)21-17(23)10-3-5-13(22)11(8-10)19(25)26/h3-8,22H,1-2H3,(H,25,26)(H,21,23,24). The van der Waals surface area contributed by atoms with Gasteiger partial charge in [-0.15, -0.1) is 0 Å². The third kappa shape index (κ3) is 3.65. The number of carbonyl (C=O) groups is 3. The smallest absolute Gasteiger partial charge is 0.349 e. The molecule has 0 saturated heterocycles. The summed E-state index contributed by atoms with van der Waals surface area (Å²) in [5.41, 5.74) is -2.11. The number of hydrogen-bond acceptors (Lipinski definition) is 8. The quantitative estimate of drug-likeness (QED) is 0.420. The Morgan fingerprint density at radius 3 is 2.33 bits per heavy atom. The van der Waals surface area contributed by atoms with Gasteiger partial charge in [-0.3, -0.25) is 14.9 Å². The summed E-state index contributed by atoms with van der Waals surface area (Å²) >= 11 is 0. The number of amides is 2. The van der Waals surface area contributed by atoms with Gasteiger partial charge in [0.15, 0.2) is 11.3 Å². The van der Waals surface area contributed by atoms with Crippen LogP contribution in [0.15, 0.2) is 45.6 Å². The Morgan fingerprint density at radius 1 is 0.967 bits per heavy atom. The van der Waals surface area contributed by atoms with Gasteiger partial charge in [-0.25, -0.2) is 9.59 Å². The molecule has 3 N–H and O–H groups in total. The first-order chi connectivity index (χ1) is 14.3. The van der Waals surface area contributed by atoms with E-state index >= 15 is 0 Å². The molecule has 0 unspecified atom stereocenters. The van der Waals surface area contributed by atoms with Gasteiger partial charge in [0.25, 0.3) is 11.8 Å². The molecule has 0 aliphatic rings. The lowest BCUT2D eigenvalue weighted by Crippen LogP contribution is -2.33. The topological polar surface area (TPSA) is 152 Å². The van der Waals surface area contributed by atoms with E-state index in [0.29, 0.717) is 11.1 Å². The molecule has 2 amide bonds. The van der Waals surface area contributed by atoms with E-state index in [0.717, 1.165) is 18.2 Å². The summed E-state index contributed by atoms with van der Waals surface area (Å²) in [6.45, 7) is 0.